The van der Waals surface area contributed by atoms with Gasteiger partial charge in [0.2, 0.25) is 0 Å². The van der Waals surface area contributed by atoms with Gasteiger partial charge in [-0.05, 0) is 0 Å². The van der Waals surface area contributed by atoms with Crippen LogP contribution in [-0.2, 0) is 0 Å². The Morgan fingerprint density at radius 1 is 0.615 bits per heavy atom. The van der Waals surface area contributed by atoms with Crippen molar-refractivity contribution in [1.29, 1.82) is 0 Å². The molecule has 0 atom stereocenters. The largest absolute Gasteiger partial charge is 0.375 e. The first-order valence-corrected chi connectivity index (χ1v) is 9.49. The fourth-order valence-corrected chi connectivity index (χ4v) is 3.96. The minimum atomic E-state index is 0.500. The van der Waals surface area contributed by atoms with Gasteiger partial charge in [0.05, 0.1) is 0 Å². The minimum Gasteiger partial charge on any atom is -0.375 e. The third-order valence-corrected chi connectivity index (χ3v) is 5.27. The van der Waals surface area contributed by atoms with Crippen molar-refractivity contribution in [3.63, 3.8) is 0 Å². The summed E-state index contributed by atoms with van der Waals surface area (Å²) in [6.07, 6.45) is 0. The van der Waals surface area contributed by atoms with Crippen LogP contribution < -0.4 is 22.3 Å². The molecule has 2 aromatic carbocycles. The van der Waals surface area contributed by atoms with E-state index in [-0.39, 0.29) is 0 Å². The summed E-state index contributed by atoms with van der Waals surface area (Å²) in [5.74, 6) is 0. The van der Waals surface area contributed by atoms with Crippen molar-refractivity contribution in [2.24, 2.45) is 0 Å². The van der Waals surface area contributed by atoms with Crippen molar-refractivity contribution in [3.05, 3.63) is 60.7 Å². The van der Waals surface area contributed by atoms with Crippen LogP contribution in [0.3, 0.4) is 0 Å². The Bertz CT molecular complexity index is 927. The number of hydrogen-bond donors (Lipinski definition) is 4. The topological polar surface area (TPSA) is 102 Å². The summed E-state index contributed by atoms with van der Waals surface area (Å²) in [5, 5.41) is 2.67. The molecule has 0 amide bonds. The lowest BCUT2D eigenvalue weighted by molar-refractivity contribution is 1.37. The van der Waals surface area contributed by atoms with Crippen molar-refractivity contribution >= 4 is 42.9 Å². The van der Waals surface area contributed by atoms with Gasteiger partial charge in [0.15, 0.2) is 10.3 Å². The van der Waals surface area contributed by atoms with Gasteiger partial charge in [0.1, 0.15) is 21.4 Å². The molecule has 0 radical (unpaired) electrons. The van der Waals surface area contributed by atoms with E-state index in [0.717, 1.165) is 32.5 Å². The number of nitrogens with one attached hydrogen (secondary N) is 2. The zero-order chi connectivity index (χ0) is 17.9. The molecule has 6 nitrogen and oxygen atoms in total. The summed E-state index contributed by atoms with van der Waals surface area (Å²) < 4.78 is 0. The van der Waals surface area contributed by atoms with Crippen molar-refractivity contribution < 1.29 is 0 Å². The smallest absolute Gasteiger partial charge is 0.182 e. The Balaban J connectivity index is 1.62. The second-order valence-electron chi connectivity index (χ2n) is 5.44. The number of nitrogen functional groups attached to an aromatic ring is 2. The van der Waals surface area contributed by atoms with Crippen LogP contribution >= 0.6 is 22.7 Å². The van der Waals surface area contributed by atoms with Crippen molar-refractivity contribution in [3.8, 4) is 22.5 Å². The zero-order valence-electron chi connectivity index (χ0n) is 13.6. The van der Waals surface area contributed by atoms with Crippen molar-refractivity contribution in [2.75, 3.05) is 22.3 Å². The number of benzene rings is 2. The third kappa shape index (κ3) is 3.32. The molecular weight excluding hydrogens is 364 g/mol. The first-order chi connectivity index (χ1) is 12.7. The van der Waals surface area contributed by atoms with Crippen LogP contribution in [0.15, 0.2) is 60.7 Å². The molecule has 0 saturated carbocycles. The highest BCUT2D eigenvalue weighted by atomic mass is 32.1. The first-order valence-electron chi connectivity index (χ1n) is 7.86. The van der Waals surface area contributed by atoms with E-state index in [1.165, 1.54) is 22.7 Å². The molecule has 4 rings (SSSR count). The van der Waals surface area contributed by atoms with Crippen molar-refractivity contribution in [2.45, 2.75) is 0 Å². The van der Waals surface area contributed by atoms with E-state index >= 15 is 0 Å². The highest BCUT2D eigenvalue weighted by molar-refractivity contribution is 7.20. The molecule has 4 aromatic rings. The lowest BCUT2D eigenvalue weighted by atomic mass is 10.2. The third-order valence-electron chi connectivity index (χ3n) is 3.67. The summed E-state index contributed by atoms with van der Waals surface area (Å²) in [6.45, 7) is 0. The Kier molecular flexibility index (Phi) is 4.42. The van der Waals surface area contributed by atoms with E-state index in [0.29, 0.717) is 10.3 Å². The van der Waals surface area contributed by atoms with E-state index in [1.807, 2.05) is 60.7 Å². The Morgan fingerprint density at radius 2 is 1.00 bits per heavy atom. The maximum atomic E-state index is 5.92. The zero-order valence-corrected chi connectivity index (χ0v) is 15.3. The van der Waals surface area contributed by atoms with Gasteiger partial charge >= 0.3 is 0 Å². The average Bonchev–Trinajstić information content (AvgIpc) is 3.23. The lowest BCUT2D eigenvalue weighted by Gasteiger charge is -2.09. The van der Waals surface area contributed by atoms with Crippen LogP contribution in [0.4, 0.5) is 20.3 Å². The summed E-state index contributed by atoms with van der Waals surface area (Å²) >= 11 is 2.77. The highest BCUT2D eigenvalue weighted by Gasteiger charge is 2.15. The van der Waals surface area contributed by atoms with Crippen LogP contribution in [-0.4, -0.2) is 9.97 Å². The first kappa shape index (κ1) is 16.4. The van der Waals surface area contributed by atoms with Crippen molar-refractivity contribution in [1.82, 2.24) is 9.97 Å². The standard InChI is InChI=1S/C18H16N6S2/c19-17-21-13(11-7-3-1-4-8-11)15(25-17)23-24-16-14(22-18(20)26-16)12-9-5-2-6-10-12/h1-10,23-24H,(H2,19,21)(H2,20,22). The summed E-state index contributed by atoms with van der Waals surface area (Å²) in [7, 11) is 0. The summed E-state index contributed by atoms with van der Waals surface area (Å²) in [5.41, 5.74) is 21.9. The quantitative estimate of drug-likeness (QED) is 0.379. The number of thiazole rings is 2. The molecule has 0 aliphatic carbocycles. The predicted molar refractivity (Wildman–Crippen MR) is 111 cm³/mol. The molecule has 0 aliphatic heterocycles. The predicted octanol–water partition coefficient (Wildman–Crippen LogP) is 4.54. The second kappa shape index (κ2) is 7.03. The molecule has 2 heterocycles. The molecule has 130 valence electrons. The maximum Gasteiger partial charge on any atom is 0.182 e. The number of anilines is 4. The van der Waals surface area contributed by atoms with Gasteiger partial charge in [0, 0.05) is 11.1 Å². The monoisotopic (exact) mass is 380 g/mol. The number of hydrazine groups is 1. The Morgan fingerprint density at radius 3 is 1.38 bits per heavy atom. The summed E-state index contributed by atoms with van der Waals surface area (Å²) in [4.78, 5) is 8.87. The molecule has 0 spiro atoms. The number of hydrogen-bond acceptors (Lipinski definition) is 8. The van der Waals surface area contributed by atoms with Crippen LogP contribution in [0.1, 0.15) is 0 Å². The molecule has 0 fully saturated rings. The van der Waals surface area contributed by atoms with Gasteiger partial charge in [-0.2, -0.15) is 0 Å². The van der Waals surface area contributed by atoms with E-state index in [9.17, 15) is 0 Å². The van der Waals surface area contributed by atoms with Gasteiger partial charge in [-0.1, -0.05) is 83.3 Å². The van der Waals surface area contributed by atoms with E-state index in [1.54, 1.807) is 0 Å². The molecule has 6 N–H and O–H groups in total. The molecule has 0 aliphatic rings. The molecule has 0 saturated heterocycles. The van der Waals surface area contributed by atoms with Gasteiger partial charge < -0.3 is 11.5 Å². The van der Waals surface area contributed by atoms with E-state index < -0.39 is 0 Å². The van der Waals surface area contributed by atoms with E-state index in [2.05, 4.69) is 20.8 Å². The molecular formula is C18H16N6S2. The molecule has 0 bridgehead atoms. The fraction of sp³-hybridized carbons (Fsp3) is 0. The minimum absolute atomic E-state index is 0.500. The van der Waals surface area contributed by atoms with Gasteiger partial charge in [-0.3, -0.25) is 10.9 Å². The van der Waals surface area contributed by atoms with Crippen LogP contribution in [0.2, 0.25) is 0 Å². The SMILES string of the molecule is Nc1nc(-c2ccccc2)c(NNc2sc(N)nc2-c2ccccc2)s1. The average molecular weight is 381 g/mol. The van der Waals surface area contributed by atoms with Crippen LogP contribution in [0.5, 0.6) is 0 Å². The Hall–Kier alpha value is -3.10. The molecule has 8 heteroatoms. The van der Waals surface area contributed by atoms with E-state index in [4.69, 9.17) is 11.5 Å². The van der Waals surface area contributed by atoms with Crippen LogP contribution in [0.25, 0.3) is 22.5 Å². The fourth-order valence-electron chi connectivity index (χ4n) is 2.54. The Labute approximate surface area is 158 Å². The summed E-state index contributed by atoms with van der Waals surface area (Å²) in [6, 6.07) is 19.8. The van der Waals surface area contributed by atoms with Gasteiger partial charge in [-0.25, -0.2) is 9.97 Å². The van der Waals surface area contributed by atoms with Gasteiger partial charge in [-0.15, -0.1) is 0 Å². The molecule has 0 unspecified atom stereocenters. The maximum absolute atomic E-state index is 5.92. The normalized spacial score (nSPS) is 10.6. The molecule has 26 heavy (non-hydrogen) atoms. The number of rotatable bonds is 5. The lowest BCUT2D eigenvalue weighted by Crippen LogP contribution is -2.07. The number of nitrogens with two attached hydrogens (primary N) is 2. The van der Waals surface area contributed by atoms with Crippen LogP contribution in [0, 0.1) is 0 Å². The second-order valence-corrected chi connectivity index (χ2v) is 7.50. The van der Waals surface area contributed by atoms with Gasteiger partial charge in [0.25, 0.3) is 0 Å². The number of aromatic nitrogens is 2. The number of nitrogens with zero attached hydrogens (tertiary/aromatic N) is 2. The highest BCUT2D eigenvalue weighted by Crippen LogP contribution is 2.37. The molecule has 2 aromatic heterocycles.